The van der Waals surface area contributed by atoms with Gasteiger partial charge in [-0.1, -0.05) is 55.5 Å². The minimum absolute atomic E-state index is 0.0438. The number of para-hydroxylation sites is 1. The van der Waals surface area contributed by atoms with Gasteiger partial charge in [0.15, 0.2) is 0 Å². The molecule has 0 spiro atoms. The molecule has 0 unspecified atom stereocenters. The predicted octanol–water partition coefficient (Wildman–Crippen LogP) is 4.99. The topological polar surface area (TPSA) is 75.3 Å². The van der Waals surface area contributed by atoms with Gasteiger partial charge >= 0.3 is 0 Å². The zero-order chi connectivity index (χ0) is 21.7. The van der Waals surface area contributed by atoms with Gasteiger partial charge in [0.1, 0.15) is 0 Å². The average Bonchev–Trinajstić information content (AvgIpc) is 2.74. The summed E-state index contributed by atoms with van der Waals surface area (Å²) < 4.78 is 28.3. The molecule has 0 aromatic heterocycles. The number of hydrogen-bond donors (Lipinski definition) is 2. The predicted molar refractivity (Wildman–Crippen MR) is 120 cm³/mol. The summed E-state index contributed by atoms with van der Waals surface area (Å²) in [5.74, 6) is -0.307. The summed E-state index contributed by atoms with van der Waals surface area (Å²) in [5.41, 5.74) is 3.79. The molecule has 0 heterocycles. The summed E-state index contributed by atoms with van der Waals surface area (Å²) in [5, 5.41) is 3.02. The Bertz CT molecular complexity index is 1160. The van der Waals surface area contributed by atoms with Crippen LogP contribution >= 0.6 is 0 Å². The lowest BCUT2D eigenvalue weighted by Gasteiger charge is -2.20. The average molecular weight is 423 g/mol. The van der Waals surface area contributed by atoms with Crippen molar-refractivity contribution in [1.82, 2.24) is 5.32 Å². The molecule has 0 aliphatic carbocycles. The van der Waals surface area contributed by atoms with Gasteiger partial charge in [0, 0.05) is 5.56 Å². The number of amides is 1. The molecule has 6 heteroatoms. The van der Waals surface area contributed by atoms with E-state index in [0.717, 1.165) is 23.1 Å². The van der Waals surface area contributed by atoms with Crippen LogP contribution in [0.4, 0.5) is 5.69 Å². The van der Waals surface area contributed by atoms with Crippen molar-refractivity contribution in [1.29, 1.82) is 0 Å². The third-order valence-corrected chi connectivity index (χ3v) is 6.44. The zero-order valence-corrected chi connectivity index (χ0v) is 18.2. The largest absolute Gasteiger partial charge is 0.345 e. The quantitative estimate of drug-likeness (QED) is 0.563. The molecule has 0 radical (unpaired) electrons. The Hall–Kier alpha value is -3.12. The molecule has 3 aromatic rings. The van der Waals surface area contributed by atoms with E-state index in [1.54, 1.807) is 24.3 Å². The number of sulfonamides is 1. The van der Waals surface area contributed by atoms with Crippen molar-refractivity contribution in [2.45, 2.75) is 38.1 Å². The molecule has 156 valence electrons. The van der Waals surface area contributed by atoms with Gasteiger partial charge in [0.2, 0.25) is 0 Å². The highest BCUT2D eigenvalue weighted by Crippen LogP contribution is 2.23. The standard InChI is InChI=1S/C24H26N2O3S/c1-4-22(21-14-7-5-10-17(21)2)25-24(27)19-12-9-13-20(16-19)30(28,29)26-23-15-8-6-11-18(23)3/h5-16,22,26H,4H2,1-3H3,(H,25,27)/t22-/m1/s1. The van der Waals surface area contributed by atoms with E-state index >= 15 is 0 Å². The van der Waals surface area contributed by atoms with Gasteiger partial charge in [0.05, 0.1) is 16.6 Å². The van der Waals surface area contributed by atoms with Gasteiger partial charge in [-0.15, -0.1) is 0 Å². The van der Waals surface area contributed by atoms with E-state index in [0.29, 0.717) is 11.3 Å². The second kappa shape index (κ2) is 9.13. The first-order valence-corrected chi connectivity index (χ1v) is 11.3. The highest BCUT2D eigenvalue weighted by molar-refractivity contribution is 7.92. The number of hydrogen-bond acceptors (Lipinski definition) is 3. The first-order valence-electron chi connectivity index (χ1n) is 9.86. The summed E-state index contributed by atoms with van der Waals surface area (Å²) in [6.45, 7) is 5.84. The lowest BCUT2D eigenvalue weighted by Crippen LogP contribution is -2.28. The molecular weight excluding hydrogens is 396 g/mol. The fourth-order valence-electron chi connectivity index (χ4n) is 3.31. The van der Waals surface area contributed by atoms with Gasteiger partial charge in [-0.05, 0) is 61.2 Å². The summed E-state index contributed by atoms with van der Waals surface area (Å²) in [6.07, 6.45) is 0.726. The van der Waals surface area contributed by atoms with Crippen LogP contribution in [0.15, 0.2) is 77.7 Å². The zero-order valence-electron chi connectivity index (χ0n) is 17.3. The van der Waals surface area contributed by atoms with Crippen LogP contribution in [0.25, 0.3) is 0 Å². The van der Waals surface area contributed by atoms with Crippen molar-refractivity contribution in [3.05, 3.63) is 95.1 Å². The van der Waals surface area contributed by atoms with E-state index in [9.17, 15) is 13.2 Å². The van der Waals surface area contributed by atoms with E-state index in [-0.39, 0.29) is 16.8 Å². The molecular formula is C24H26N2O3S. The monoisotopic (exact) mass is 422 g/mol. The molecule has 30 heavy (non-hydrogen) atoms. The van der Waals surface area contributed by atoms with E-state index < -0.39 is 10.0 Å². The Morgan fingerprint density at radius 2 is 1.57 bits per heavy atom. The van der Waals surface area contributed by atoms with Crippen LogP contribution in [0.2, 0.25) is 0 Å². The van der Waals surface area contributed by atoms with Crippen molar-refractivity contribution in [3.8, 4) is 0 Å². The van der Waals surface area contributed by atoms with Crippen LogP contribution in [0.5, 0.6) is 0 Å². The molecule has 0 aliphatic heterocycles. The van der Waals surface area contributed by atoms with Gasteiger partial charge in [-0.2, -0.15) is 0 Å². The van der Waals surface area contributed by atoms with Crippen LogP contribution < -0.4 is 10.0 Å². The number of carbonyl (C=O) groups is 1. The summed E-state index contributed by atoms with van der Waals surface area (Å²) in [4.78, 5) is 12.9. The number of benzene rings is 3. The fourth-order valence-corrected chi connectivity index (χ4v) is 4.49. The van der Waals surface area contributed by atoms with Crippen molar-refractivity contribution in [2.75, 3.05) is 4.72 Å². The fraction of sp³-hybridized carbons (Fsp3) is 0.208. The van der Waals surface area contributed by atoms with Crippen molar-refractivity contribution in [3.63, 3.8) is 0 Å². The minimum atomic E-state index is -3.81. The van der Waals surface area contributed by atoms with Crippen LogP contribution in [-0.4, -0.2) is 14.3 Å². The maximum absolute atomic E-state index is 12.9. The van der Waals surface area contributed by atoms with E-state index in [1.165, 1.54) is 12.1 Å². The van der Waals surface area contributed by atoms with Crippen molar-refractivity contribution < 1.29 is 13.2 Å². The van der Waals surface area contributed by atoms with Crippen LogP contribution in [-0.2, 0) is 10.0 Å². The summed E-state index contributed by atoms with van der Waals surface area (Å²) in [6, 6.07) is 21.0. The number of anilines is 1. The van der Waals surface area contributed by atoms with Crippen LogP contribution in [0.3, 0.4) is 0 Å². The SMILES string of the molecule is CC[C@@H](NC(=O)c1cccc(S(=O)(=O)Nc2ccccc2C)c1)c1ccccc1C. The van der Waals surface area contributed by atoms with Gasteiger partial charge < -0.3 is 5.32 Å². The highest BCUT2D eigenvalue weighted by Gasteiger charge is 2.19. The number of rotatable bonds is 7. The second-order valence-corrected chi connectivity index (χ2v) is 8.92. The molecule has 2 N–H and O–H groups in total. The van der Waals surface area contributed by atoms with Gasteiger partial charge in [-0.3, -0.25) is 9.52 Å². The van der Waals surface area contributed by atoms with Gasteiger partial charge in [0.25, 0.3) is 15.9 Å². The smallest absolute Gasteiger partial charge is 0.261 e. The molecule has 0 bridgehead atoms. The van der Waals surface area contributed by atoms with E-state index in [1.807, 2.05) is 57.2 Å². The Balaban J connectivity index is 1.83. The number of carbonyl (C=O) groups excluding carboxylic acids is 1. The highest BCUT2D eigenvalue weighted by atomic mass is 32.2. The first-order chi connectivity index (χ1) is 14.3. The molecule has 0 aliphatic rings. The third kappa shape index (κ3) is 4.89. The molecule has 0 saturated heterocycles. The molecule has 0 fully saturated rings. The van der Waals surface area contributed by atoms with E-state index in [4.69, 9.17) is 0 Å². The normalized spacial score (nSPS) is 12.2. The molecule has 5 nitrogen and oxygen atoms in total. The molecule has 3 rings (SSSR count). The Morgan fingerprint density at radius 3 is 2.23 bits per heavy atom. The number of aryl methyl sites for hydroxylation is 2. The van der Waals surface area contributed by atoms with Crippen molar-refractivity contribution >= 4 is 21.6 Å². The maximum atomic E-state index is 12.9. The molecule has 3 aromatic carbocycles. The third-order valence-electron chi connectivity index (χ3n) is 5.07. The summed E-state index contributed by atoms with van der Waals surface area (Å²) in [7, 11) is -3.81. The lowest BCUT2D eigenvalue weighted by molar-refractivity contribution is 0.0935. The first kappa shape index (κ1) is 21.6. The number of nitrogens with one attached hydrogen (secondary N) is 2. The molecule has 1 amide bonds. The minimum Gasteiger partial charge on any atom is -0.345 e. The van der Waals surface area contributed by atoms with Crippen LogP contribution in [0, 0.1) is 13.8 Å². The van der Waals surface area contributed by atoms with Gasteiger partial charge in [-0.25, -0.2) is 8.42 Å². The molecule has 1 atom stereocenters. The molecule has 0 saturated carbocycles. The Labute approximate surface area is 178 Å². The Morgan fingerprint density at radius 1 is 0.900 bits per heavy atom. The lowest BCUT2D eigenvalue weighted by atomic mass is 9.99. The maximum Gasteiger partial charge on any atom is 0.261 e. The summed E-state index contributed by atoms with van der Waals surface area (Å²) >= 11 is 0. The van der Waals surface area contributed by atoms with Crippen LogP contribution in [0.1, 0.15) is 46.4 Å². The van der Waals surface area contributed by atoms with E-state index in [2.05, 4.69) is 10.0 Å². The van der Waals surface area contributed by atoms with Crippen molar-refractivity contribution in [2.24, 2.45) is 0 Å². The second-order valence-electron chi connectivity index (χ2n) is 7.24. The Kier molecular flexibility index (Phi) is 6.57.